The summed E-state index contributed by atoms with van der Waals surface area (Å²) in [6.07, 6.45) is 0.508. The van der Waals surface area contributed by atoms with Crippen LogP contribution in [0.1, 0.15) is 23.0 Å². The van der Waals surface area contributed by atoms with E-state index in [1.54, 1.807) is 6.07 Å². The van der Waals surface area contributed by atoms with E-state index in [1.807, 2.05) is 67.6 Å². The number of hydrogen-bond acceptors (Lipinski definition) is 3. The maximum Gasteiger partial charge on any atom is 0.279 e. The minimum absolute atomic E-state index is 0.303. The van der Waals surface area contributed by atoms with Crippen LogP contribution in [0, 0.1) is 5.82 Å². The predicted molar refractivity (Wildman–Crippen MR) is 118 cm³/mol. The Morgan fingerprint density at radius 1 is 0.903 bits per heavy atom. The number of carbonyl (C=O) groups is 1. The highest BCUT2D eigenvalue weighted by atomic mass is 19.1. The molecule has 1 aliphatic heterocycles. The van der Waals surface area contributed by atoms with E-state index in [4.69, 9.17) is 5.10 Å². The molecule has 0 unspecified atom stereocenters. The van der Waals surface area contributed by atoms with Gasteiger partial charge in [0, 0.05) is 23.1 Å². The Morgan fingerprint density at radius 3 is 2.19 bits per heavy atom. The molecule has 0 saturated heterocycles. The first-order chi connectivity index (χ1) is 15.0. The molecule has 152 valence electrons. The SMILES string of the molecule is CC1=C(c2ccc(O)c(F)c2)C(=O)n2nc(-c3ccccc3)c(-c3ccccc3)c2C1. The number of hydrogen-bond donors (Lipinski definition) is 1. The van der Waals surface area contributed by atoms with E-state index in [0.717, 1.165) is 33.7 Å². The molecular formula is C26H19FN2O2. The van der Waals surface area contributed by atoms with Crippen molar-refractivity contribution in [2.45, 2.75) is 13.3 Å². The Labute approximate surface area is 178 Å². The van der Waals surface area contributed by atoms with Crippen molar-refractivity contribution in [3.8, 4) is 28.1 Å². The smallest absolute Gasteiger partial charge is 0.279 e. The standard InChI is InChI=1S/C26H19FN2O2/c1-16-14-21-24(17-8-4-2-5-9-17)25(18-10-6-3-7-11-18)28-29(21)26(31)23(16)19-12-13-22(30)20(27)15-19/h2-13,15,30H,14H2,1H3. The van der Waals surface area contributed by atoms with E-state index >= 15 is 0 Å². The first-order valence-corrected chi connectivity index (χ1v) is 10.0. The number of allylic oxidation sites excluding steroid dienone is 2. The van der Waals surface area contributed by atoms with Crippen molar-refractivity contribution in [3.63, 3.8) is 0 Å². The average molecular weight is 410 g/mol. The van der Waals surface area contributed by atoms with Crippen LogP contribution in [0.3, 0.4) is 0 Å². The Balaban J connectivity index is 1.72. The first-order valence-electron chi connectivity index (χ1n) is 10.0. The number of carbonyl (C=O) groups excluding carboxylic acids is 1. The number of fused-ring (bicyclic) bond motifs is 1. The molecule has 1 aromatic heterocycles. The molecule has 2 heterocycles. The zero-order valence-electron chi connectivity index (χ0n) is 16.8. The number of benzene rings is 3. The van der Waals surface area contributed by atoms with E-state index in [-0.39, 0.29) is 5.91 Å². The van der Waals surface area contributed by atoms with E-state index in [9.17, 15) is 14.3 Å². The monoisotopic (exact) mass is 410 g/mol. The third-order valence-electron chi connectivity index (χ3n) is 5.59. The van der Waals surface area contributed by atoms with Gasteiger partial charge in [-0.1, -0.05) is 72.3 Å². The third-order valence-corrected chi connectivity index (χ3v) is 5.59. The number of halogens is 1. The first kappa shape index (κ1) is 19.0. The van der Waals surface area contributed by atoms with Gasteiger partial charge in [-0.2, -0.15) is 9.78 Å². The lowest BCUT2D eigenvalue weighted by atomic mass is 9.90. The summed E-state index contributed by atoms with van der Waals surface area (Å²) in [5, 5.41) is 14.2. The number of phenolic OH excluding ortho intramolecular Hbond substituents is 1. The van der Waals surface area contributed by atoms with E-state index in [0.29, 0.717) is 17.6 Å². The molecule has 0 bridgehead atoms. The maximum absolute atomic E-state index is 14.0. The highest BCUT2D eigenvalue weighted by molar-refractivity contribution is 6.22. The van der Waals surface area contributed by atoms with Crippen LogP contribution in [-0.2, 0) is 6.42 Å². The van der Waals surface area contributed by atoms with Crippen LogP contribution < -0.4 is 0 Å². The molecule has 0 fully saturated rings. The summed E-state index contributed by atoms with van der Waals surface area (Å²) >= 11 is 0. The van der Waals surface area contributed by atoms with Crippen molar-refractivity contribution in [3.05, 3.63) is 102 Å². The normalized spacial score (nSPS) is 13.4. The molecule has 1 N–H and O–H groups in total. The fourth-order valence-electron chi connectivity index (χ4n) is 4.15. The molecule has 0 saturated carbocycles. The largest absolute Gasteiger partial charge is 0.505 e. The molecule has 4 nitrogen and oxygen atoms in total. The molecular weight excluding hydrogens is 391 g/mol. The van der Waals surface area contributed by atoms with E-state index in [2.05, 4.69) is 0 Å². The lowest BCUT2D eigenvalue weighted by Crippen LogP contribution is -2.23. The third kappa shape index (κ3) is 3.15. The van der Waals surface area contributed by atoms with Crippen LogP contribution in [0.2, 0.25) is 0 Å². The van der Waals surface area contributed by atoms with Crippen molar-refractivity contribution in [2.24, 2.45) is 0 Å². The van der Waals surface area contributed by atoms with Crippen molar-refractivity contribution < 1.29 is 14.3 Å². The Bertz CT molecular complexity index is 1340. The molecule has 0 spiro atoms. The Hall–Kier alpha value is -3.99. The van der Waals surface area contributed by atoms with Gasteiger partial charge in [0.15, 0.2) is 11.6 Å². The minimum atomic E-state index is -0.758. The van der Waals surface area contributed by atoms with Crippen LogP contribution >= 0.6 is 0 Å². The van der Waals surface area contributed by atoms with Crippen LogP contribution in [0.5, 0.6) is 5.75 Å². The molecule has 1 aliphatic rings. The maximum atomic E-state index is 14.0. The molecule has 3 aromatic carbocycles. The second kappa shape index (κ2) is 7.36. The summed E-state index contributed by atoms with van der Waals surface area (Å²) < 4.78 is 15.4. The molecule has 0 aliphatic carbocycles. The Morgan fingerprint density at radius 2 is 1.55 bits per heavy atom. The van der Waals surface area contributed by atoms with Crippen molar-refractivity contribution in [1.82, 2.24) is 9.78 Å². The van der Waals surface area contributed by atoms with Gasteiger partial charge >= 0.3 is 0 Å². The fourth-order valence-corrected chi connectivity index (χ4v) is 4.15. The van der Waals surface area contributed by atoms with Gasteiger partial charge in [0.25, 0.3) is 5.91 Å². The van der Waals surface area contributed by atoms with Crippen LogP contribution in [0.4, 0.5) is 4.39 Å². The van der Waals surface area contributed by atoms with E-state index < -0.39 is 11.6 Å². The van der Waals surface area contributed by atoms with Crippen LogP contribution in [-0.4, -0.2) is 20.8 Å². The zero-order chi connectivity index (χ0) is 21.5. The van der Waals surface area contributed by atoms with Crippen LogP contribution in [0.15, 0.2) is 84.4 Å². The number of aromatic hydroxyl groups is 1. The van der Waals surface area contributed by atoms with Gasteiger partial charge in [0.05, 0.1) is 5.69 Å². The second-order valence-electron chi connectivity index (χ2n) is 7.62. The van der Waals surface area contributed by atoms with E-state index in [1.165, 1.54) is 16.8 Å². The van der Waals surface area contributed by atoms with Gasteiger partial charge in [-0.3, -0.25) is 4.79 Å². The summed E-state index contributed by atoms with van der Waals surface area (Å²) in [7, 11) is 0. The molecule has 5 heteroatoms. The van der Waals surface area contributed by atoms with Gasteiger partial charge < -0.3 is 5.11 Å². The van der Waals surface area contributed by atoms with Crippen LogP contribution in [0.25, 0.3) is 28.0 Å². The number of nitrogens with zero attached hydrogens (tertiary/aromatic N) is 2. The lowest BCUT2D eigenvalue weighted by molar-refractivity contribution is 0.0958. The highest BCUT2D eigenvalue weighted by Crippen LogP contribution is 2.39. The molecule has 0 radical (unpaired) electrons. The summed E-state index contributed by atoms with van der Waals surface area (Å²) in [6.45, 7) is 1.88. The van der Waals surface area contributed by atoms with Gasteiger partial charge in [-0.15, -0.1) is 0 Å². The zero-order valence-corrected chi connectivity index (χ0v) is 16.8. The summed E-state index contributed by atoms with van der Waals surface area (Å²) in [4.78, 5) is 13.5. The Kier molecular flexibility index (Phi) is 4.51. The molecule has 31 heavy (non-hydrogen) atoms. The topological polar surface area (TPSA) is 55.1 Å². The van der Waals surface area contributed by atoms with Gasteiger partial charge in [0.2, 0.25) is 0 Å². The molecule has 0 atom stereocenters. The number of rotatable bonds is 3. The second-order valence-corrected chi connectivity index (χ2v) is 7.62. The summed E-state index contributed by atoms with van der Waals surface area (Å²) in [5.74, 6) is -1.50. The summed E-state index contributed by atoms with van der Waals surface area (Å²) in [5.41, 5.74) is 6.06. The van der Waals surface area contributed by atoms with Crippen molar-refractivity contribution >= 4 is 11.5 Å². The number of phenols is 1. The van der Waals surface area contributed by atoms with Gasteiger partial charge in [-0.25, -0.2) is 4.39 Å². The molecule has 4 aromatic rings. The summed E-state index contributed by atoms with van der Waals surface area (Å²) in [6, 6.07) is 23.7. The average Bonchev–Trinajstić information content (AvgIpc) is 3.17. The lowest BCUT2D eigenvalue weighted by Gasteiger charge is -2.20. The van der Waals surface area contributed by atoms with Gasteiger partial charge in [-0.05, 0) is 30.2 Å². The number of aromatic nitrogens is 2. The minimum Gasteiger partial charge on any atom is -0.505 e. The highest BCUT2D eigenvalue weighted by Gasteiger charge is 2.31. The quantitative estimate of drug-likeness (QED) is 0.469. The predicted octanol–water partition coefficient (Wildman–Crippen LogP) is 5.73. The molecule has 5 rings (SSSR count). The van der Waals surface area contributed by atoms with Gasteiger partial charge in [0.1, 0.15) is 5.69 Å². The van der Waals surface area contributed by atoms with Crippen molar-refractivity contribution in [2.75, 3.05) is 0 Å². The fraction of sp³-hybridized carbons (Fsp3) is 0.0769. The van der Waals surface area contributed by atoms with Crippen molar-refractivity contribution in [1.29, 1.82) is 0 Å². The molecule has 0 amide bonds.